The van der Waals surface area contributed by atoms with Crippen molar-refractivity contribution >= 4 is 27.3 Å². The van der Waals surface area contributed by atoms with E-state index < -0.39 is 21.8 Å². The third kappa shape index (κ3) is 5.23. The molecule has 2 nitrogen and oxygen atoms in total. The second-order valence-electron chi connectivity index (χ2n) is 3.31. The molecular weight excluding hydrogens is 186 g/mol. The van der Waals surface area contributed by atoms with E-state index in [0.717, 1.165) is 0 Å². The van der Waals surface area contributed by atoms with Crippen LogP contribution in [0.2, 0.25) is 11.6 Å². The maximum absolute atomic E-state index is 5.75. The summed E-state index contributed by atoms with van der Waals surface area (Å²) < 4.78 is 11.4. The second kappa shape index (κ2) is 5.30. The highest BCUT2D eigenvalue weighted by Crippen LogP contribution is 2.45. The van der Waals surface area contributed by atoms with Crippen LogP contribution in [0.25, 0.3) is 0 Å². The molecule has 1 atom stereocenters. The van der Waals surface area contributed by atoms with E-state index in [0.29, 0.717) is 0 Å². The predicted octanol–water partition coefficient (Wildman–Crippen LogP) is 2.74. The van der Waals surface area contributed by atoms with Gasteiger partial charge in [-0.15, -0.1) is 0 Å². The van der Waals surface area contributed by atoms with Crippen LogP contribution in [0.1, 0.15) is 13.8 Å². The maximum atomic E-state index is 5.75. The van der Waals surface area contributed by atoms with Gasteiger partial charge in [-0.3, -0.25) is 0 Å². The van der Waals surface area contributed by atoms with Gasteiger partial charge in [0.25, 0.3) is 0 Å². The summed E-state index contributed by atoms with van der Waals surface area (Å²) in [5.41, 5.74) is 2.89. The summed E-state index contributed by atoms with van der Waals surface area (Å²) in [7, 11) is -1.86. The Kier molecular flexibility index (Phi) is 5.54. The second-order valence-corrected chi connectivity index (χ2v) is 8.47. The van der Waals surface area contributed by atoms with Crippen molar-refractivity contribution in [2.75, 3.05) is 6.66 Å². The van der Waals surface area contributed by atoms with Crippen molar-refractivity contribution in [2.24, 2.45) is 0 Å². The van der Waals surface area contributed by atoms with E-state index in [-0.39, 0.29) is 6.10 Å². The summed E-state index contributed by atoms with van der Waals surface area (Å²) in [6.07, 6.45) is 0.185. The summed E-state index contributed by atoms with van der Waals surface area (Å²) in [4.78, 5) is 0. The number of hydrogen-bond donors (Lipinski definition) is 0. The standard InChI is InChI=1S/C6H12O2P.2CH3.Al/c1-5-9(4,7)8-6(2)3;;;/h6H,1H2,2-4H3;2*1H3;/q-1;;;+1. The van der Waals surface area contributed by atoms with Crippen LogP contribution >= 0.6 is 7.34 Å². The lowest BCUT2D eigenvalue weighted by Gasteiger charge is -2.24. The number of hydrogen-bond acceptors (Lipinski definition) is 2. The molecule has 0 radical (unpaired) electrons. The summed E-state index contributed by atoms with van der Waals surface area (Å²) in [6, 6.07) is 0. The van der Waals surface area contributed by atoms with E-state index in [9.17, 15) is 0 Å². The lowest BCUT2D eigenvalue weighted by atomic mass is 10.5. The molecule has 0 aromatic heterocycles. The van der Waals surface area contributed by atoms with Gasteiger partial charge in [-0.25, -0.2) is 0 Å². The minimum atomic E-state index is -1.86. The minimum Gasteiger partial charge on any atom is -0.457 e. The van der Waals surface area contributed by atoms with Crippen LogP contribution in [-0.4, -0.2) is 32.7 Å². The molecule has 1 unspecified atom stereocenters. The van der Waals surface area contributed by atoms with Gasteiger partial charge in [-0.05, 0) is 13.8 Å². The van der Waals surface area contributed by atoms with Crippen LogP contribution in [0.15, 0.2) is 6.58 Å². The number of rotatable bonds is 4. The fourth-order valence-electron chi connectivity index (χ4n) is 0.904. The Balaban J connectivity index is 4.38. The van der Waals surface area contributed by atoms with Crippen molar-refractivity contribution in [3.05, 3.63) is 6.58 Å². The summed E-state index contributed by atoms with van der Waals surface area (Å²) in [6.45, 7) is 9.60. The fourth-order valence-corrected chi connectivity index (χ4v) is 5.50. The molecule has 0 spiro atoms. The zero-order chi connectivity index (χ0) is 9.78. The van der Waals surface area contributed by atoms with E-state index in [1.807, 2.05) is 20.5 Å². The Morgan fingerprint density at radius 3 is 2.17 bits per heavy atom. The largest absolute Gasteiger partial charge is 0.460 e. The third-order valence-electron chi connectivity index (χ3n) is 1.11. The molecule has 0 rings (SSSR count). The molecule has 0 amide bonds. The van der Waals surface area contributed by atoms with Gasteiger partial charge >= 0.3 is 14.5 Å². The van der Waals surface area contributed by atoms with Gasteiger partial charge in [0.1, 0.15) is 7.34 Å². The lowest BCUT2D eigenvalue weighted by molar-refractivity contribution is 0.244. The molecule has 0 heterocycles. The van der Waals surface area contributed by atoms with Crippen LogP contribution in [0.4, 0.5) is 0 Å². The van der Waals surface area contributed by atoms with Crippen molar-refractivity contribution in [1.29, 1.82) is 0 Å². The average molecular weight is 204 g/mol. The van der Waals surface area contributed by atoms with Crippen molar-refractivity contribution in [1.82, 2.24) is 0 Å². The van der Waals surface area contributed by atoms with Gasteiger partial charge in [0.15, 0.2) is 0 Å². The molecule has 0 aliphatic carbocycles. The molecule has 4 heteroatoms. The molecule has 70 valence electrons. The molecular formula is C8H18AlO2P. The monoisotopic (exact) mass is 204 g/mol. The van der Waals surface area contributed by atoms with Gasteiger partial charge in [0, 0.05) is 6.66 Å². The molecule has 0 saturated carbocycles. The highest BCUT2D eigenvalue weighted by Gasteiger charge is 2.17. The predicted molar refractivity (Wildman–Crippen MR) is 58.3 cm³/mol. The summed E-state index contributed by atoms with van der Waals surface area (Å²) in [5, 5.41) is 0. The topological polar surface area (TPSA) is 18.5 Å². The molecule has 0 bridgehead atoms. The Morgan fingerprint density at radius 1 is 1.42 bits per heavy atom. The SMILES string of the molecule is C=C=P(C)(OC(C)C)[O][Al]([CH3])[CH3]. The maximum Gasteiger partial charge on any atom is 0.460 e. The molecule has 12 heavy (non-hydrogen) atoms. The smallest absolute Gasteiger partial charge is 0.457 e. The van der Waals surface area contributed by atoms with Gasteiger partial charge in [-0.1, -0.05) is 23.6 Å². The Labute approximate surface area is 80.4 Å². The first-order valence-electron chi connectivity index (χ1n) is 4.17. The van der Waals surface area contributed by atoms with Gasteiger partial charge in [0.2, 0.25) is 0 Å². The quantitative estimate of drug-likeness (QED) is 0.517. The minimum absolute atomic E-state index is 0.185. The van der Waals surface area contributed by atoms with E-state index in [1.165, 1.54) is 0 Å². The first-order chi connectivity index (χ1) is 5.39. The normalized spacial score (nSPS) is 15.5. The van der Waals surface area contributed by atoms with Crippen molar-refractivity contribution in [3.8, 4) is 0 Å². The summed E-state index contributed by atoms with van der Waals surface area (Å²) >= 11 is -1.05. The first-order valence-corrected chi connectivity index (χ1v) is 9.02. The van der Waals surface area contributed by atoms with Crippen molar-refractivity contribution in [3.63, 3.8) is 0 Å². The Morgan fingerprint density at radius 2 is 1.92 bits per heavy atom. The van der Waals surface area contributed by atoms with Gasteiger partial charge < -0.3 is 8.10 Å². The molecule has 0 fully saturated rings. The zero-order valence-electron chi connectivity index (χ0n) is 8.63. The van der Waals surface area contributed by atoms with Crippen LogP contribution in [0.3, 0.4) is 0 Å². The van der Waals surface area contributed by atoms with E-state index in [2.05, 4.69) is 23.6 Å². The lowest BCUT2D eigenvalue weighted by Crippen LogP contribution is -2.10. The van der Waals surface area contributed by atoms with Crippen LogP contribution < -0.4 is 0 Å². The van der Waals surface area contributed by atoms with E-state index >= 15 is 0 Å². The van der Waals surface area contributed by atoms with Crippen LogP contribution in [0.5, 0.6) is 0 Å². The highest BCUT2D eigenvalue weighted by atomic mass is 31.2. The third-order valence-corrected chi connectivity index (χ3v) is 5.81. The highest BCUT2D eigenvalue weighted by molar-refractivity contribution is 7.65. The molecule has 0 aromatic rings. The summed E-state index contributed by atoms with van der Waals surface area (Å²) in [5.74, 6) is 4.25. The van der Waals surface area contributed by atoms with E-state index in [1.54, 1.807) is 0 Å². The zero-order valence-corrected chi connectivity index (χ0v) is 10.7. The Hall–Kier alpha value is 0.532. The molecule has 0 N–H and O–H groups in total. The molecule has 0 aliphatic rings. The van der Waals surface area contributed by atoms with E-state index in [4.69, 9.17) is 8.10 Å². The average Bonchev–Trinajstić information content (AvgIpc) is 1.83. The van der Waals surface area contributed by atoms with Gasteiger partial charge in [0.05, 0.1) is 6.10 Å². The van der Waals surface area contributed by atoms with Crippen LogP contribution in [-0.2, 0) is 8.10 Å². The van der Waals surface area contributed by atoms with Crippen molar-refractivity contribution in [2.45, 2.75) is 31.5 Å². The molecule has 0 aliphatic heterocycles. The fraction of sp³-hybridized carbons (Fsp3) is 0.750. The first kappa shape index (κ1) is 12.5. The van der Waals surface area contributed by atoms with Gasteiger partial charge in [-0.2, -0.15) is 0 Å². The molecule has 0 aromatic carbocycles. The molecule has 0 saturated heterocycles. The van der Waals surface area contributed by atoms with Crippen molar-refractivity contribution < 1.29 is 8.10 Å². The van der Waals surface area contributed by atoms with Crippen LogP contribution in [0, 0.1) is 0 Å². The Bertz CT molecular complexity index is 193.